The monoisotopic (exact) mass is 272 g/mol. The van der Waals surface area contributed by atoms with Crippen molar-refractivity contribution in [1.82, 2.24) is 0 Å². The van der Waals surface area contributed by atoms with Crippen molar-refractivity contribution in [2.24, 2.45) is 0 Å². The highest BCUT2D eigenvalue weighted by atomic mass is 19.1. The van der Waals surface area contributed by atoms with Crippen LogP contribution in [0, 0.1) is 19.7 Å². The van der Waals surface area contributed by atoms with Gasteiger partial charge in [0.1, 0.15) is 5.82 Å². The zero-order valence-corrected chi connectivity index (χ0v) is 11.5. The summed E-state index contributed by atoms with van der Waals surface area (Å²) in [6.45, 7) is 3.94. The number of halogens is 1. The standard InChI is InChI=1S/C16H17FN2O/c1-10-3-4-11(2)12(5-10)6-16(20)19-15-8-13(17)7-14(18)9-15/h3-5,7-9H,6,18H2,1-2H3,(H,19,20). The number of nitrogens with one attached hydrogen (secondary N) is 1. The zero-order chi connectivity index (χ0) is 14.7. The zero-order valence-electron chi connectivity index (χ0n) is 11.5. The molecule has 4 heteroatoms. The number of carbonyl (C=O) groups excluding carboxylic acids is 1. The fourth-order valence-corrected chi connectivity index (χ4v) is 2.05. The first-order valence-corrected chi connectivity index (χ1v) is 6.36. The van der Waals surface area contributed by atoms with Crippen molar-refractivity contribution in [3.63, 3.8) is 0 Å². The van der Waals surface area contributed by atoms with Crippen LogP contribution in [0.15, 0.2) is 36.4 Å². The lowest BCUT2D eigenvalue weighted by molar-refractivity contribution is -0.115. The molecule has 0 heterocycles. The van der Waals surface area contributed by atoms with Gasteiger partial charge in [0.15, 0.2) is 0 Å². The van der Waals surface area contributed by atoms with E-state index >= 15 is 0 Å². The summed E-state index contributed by atoms with van der Waals surface area (Å²) in [4.78, 5) is 12.0. The Labute approximate surface area is 117 Å². The average Bonchev–Trinajstić information content (AvgIpc) is 2.32. The molecule has 0 aromatic heterocycles. The molecule has 2 aromatic rings. The Hall–Kier alpha value is -2.36. The second kappa shape index (κ2) is 5.74. The second-order valence-electron chi connectivity index (χ2n) is 4.93. The Bertz CT molecular complexity index is 633. The SMILES string of the molecule is Cc1ccc(C)c(CC(=O)Nc2cc(N)cc(F)c2)c1. The van der Waals surface area contributed by atoms with Crippen molar-refractivity contribution in [2.45, 2.75) is 20.3 Å². The van der Waals surface area contributed by atoms with Crippen molar-refractivity contribution >= 4 is 17.3 Å². The normalized spacial score (nSPS) is 10.3. The average molecular weight is 272 g/mol. The molecule has 3 nitrogen and oxygen atoms in total. The third kappa shape index (κ3) is 3.57. The molecule has 0 unspecified atom stereocenters. The number of aryl methyl sites for hydroxylation is 2. The summed E-state index contributed by atoms with van der Waals surface area (Å²) in [5.74, 6) is -0.657. The summed E-state index contributed by atoms with van der Waals surface area (Å²) in [7, 11) is 0. The van der Waals surface area contributed by atoms with Gasteiger partial charge in [0.2, 0.25) is 5.91 Å². The van der Waals surface area contributed by atoms with E-state index in [1.54, 1.807) is 0 Å². The maximum absolute atomic E-state index is 13.2. The Morgan fingerprint density at radius 2 is 1.95 bits per heavy atom. The van der Waals surface area contributed by atoms with Gasteiger partial charge >= 0.3 is 0 Å². The first-order chi connectivity index (χ1) is 9.44. The van der Waals surface area contributed by atoms with E-state index in [-0.39, 0.29) is 18.0 Å². The highest BCUT2D eigenvalue weighted by Crippen LogP contribution is 2.17. The summed E-state index contributed by atoms with van der Waals surface area (Å²) in [6, 6.07) is 9.96. The molecule has 3 N–H and O–H groups in total. The molecule has 0 bridgehead atoms. The van der Waals surface area contributed by atoms with E-state index in [0.29, 0.717) is 5.69 Å². The Morgan fingerprint density at radius 1 is 1.20 bits per heavy atom. The number of benzene rings is 2. The van der Waals surface area contributed by atoms with E-state index in [1.807, 2.05) is 32.0 Å². The van der Waals surface area contributed by atoms with E-state index < -0.39 is 5.82 Å². The molecule has 0 aliphatic rings. The second-order valence-corrected chi connectivity index (χ2v) is 4.93. The number of hydrogen-bond donors (Lipinski definition) is 2. The fourth-order valence-electron chi connectivity index (χ4n) is 2.05. The molecular formula is C16H17FN2O. The number of amides is 1. The van der Waals surface area contributed by atoms with E-state index in [2.05, 4.69) is 5.32 Å². The number of anilines is 2. The van der Waals surface area contributed by atoms with Crippen molar-refractivity contribution < 1.29 is 9.18 Å². The minimum absolute atomic E-state index is 0.191. The molecule has 20 heavy (non-hydrogen) atoms. The van der Waals surface area contributed by atoms with Gasteiger partial charge in [0.25, 0.3) is 0 Å². The maximum atomic E-state index is 13.2. The molecule has 0 aliphatic carbocycles. The largest absolute Gasteiger partial charge is 0.399 e. The molecule has 0 spiro atoms. The minimum Gasteiger partial charge on any atom is -0.399 e. The first-order valence-electron chi connectivity index (χ1n) is 6.36. The number of hydrogen-bond acceptors (Lipinski definition) is 2. The van der Waals surface area contributed by atoms with Gasteiger partial charge in [-0.3, -0.25) is 4.79 Å². The molecule has 2 aromatic carbocycles. The van der Waals surface area contributed by atoms with Gasteiger partial charge in [-0.2, -0.15) is 0 Å². The van der Waals surface area contributed by atoms with Crippen LogP contribution in [0.2, 0.25) is 0 Å². The summed E-state index contributed by atoms with van der Waals surface area (Å²) >= 11 is 0. The lowest BCUT2D eigenvalue weighted by atomic mass is 10.0. The Morgan fingerprint density at radius 3 is 2.65 bits per heavy atom. The highest BCUT2D eigenvalue weighted by molar-refractivity contribution is 5.92. The third-order valence-corrected chi connectivity index (χ3v) is 3.06. The van der Waals surface area contributed by atoms with Gasteiger partial charge in [-0.05, 0) is 43.2 Å². The minimum atomic E-state index is -0.466. The van der Waals surface area contributed by atoms with E-state index in [0.717, 1.165) is 16.7 Å². The number of nitrogens with two attached hydrogens (primary N) is 1. The smallest absolute Gasteiger partial charge is 0.228 e. The van der Waals surface area contributed by atoms with Gasteiger partial charge in [-0.1, -0.05) is 23.8 Å². The van der Waals surface area contributed by atoms with Crippen LogP contribution in [0.1, 0.15) is 16.7 Å². The van der Waals surface area contributed by atoms with Crippen molar-refractivity contribution in [1.29, 1.82) is 0 Å². The maximum Gasteiger partial charge on any atom is 0.228 e. The summed E-state index contributed by atoms with van der Waals surface area (Å²) in [5, 5.41) is 2.66. The highest BCUT2D eigenvalue weighted by Gasteiger charge is 2.08. The van der Waals surface area contributed by atoms with E-state index in [9.17, 15) is 9.18 Å². The summed E-state index contributed by atoms with van der Waals surface area (Å²) in [5.41, 5.74) is 9.33. The number of carbonyl (C=O) groups is 1. The molecule has 0 fully saturated rings. The van der Waals surface area contributed by atoms with Crippen LogP contribution in [-0.4, -0.2) is 5.91 Å². The van der Waals surface area contributed by atoms with Gasteiger partial charge in [0.05, 0.1) is 6.42 Å². The third-order valence-electron chi connectivity index (χ3n) is 3.06. The van der Waals surface area contributed by atoms with Gasteiger partial charge < -0.3 is 11.1 Å². The molecule has 0 saturated carbocycles. The van der Waals surface area contributed by atoms with Crippen molar-refractivity contribution in [2.75, 3.05) is 11.1 Å². The van der Waals surface area contributed by atoms with Crippen LogP contribution in [0.4, 0.5) is 15.8 Å². The van der Waals surface area contributed by atoms with Gasteiger partial charge in [0, 0.05) is 11.4 Å². The van der Waals surface area contributed by atoms with E-state index in [1.165, 1.54) is 18.2 Å². The van der Waals surface area contributed by atoms with Crippen LogP contribution in [0.3, 0.4) is 0 Å². The van der Waals surface area contributed by atoms with Crippen LogP contribution >= 0.6 is 0 Å². The molecule has 0 atom stereocenters. The van der Waals surface area contributed by atoms with Crippen LogP contribution in [-0.2, 0) is 11.2 Å². The lowest BCUT2D eigenvalue weighted by Crippen LogP contribution is -2.15. The predicted molar refractivity (Wildman–Crippen MR) is 79.1 cm³/mol. The quantitative estimate of drug-likeness (QED) is 0.843. The molecule has 0 saturated heterocycles. The number of nitrogen functional groups attached to an aromatic ring is 1. The van der Waals surface area contributed by atoms with Crippen molar-refractivity contribution in [3.05, 3.63) is 58.9 Å². The predicted octanol–water partition coefficient (Wildman–Crippen LogP) is 3.21. The van der Waals surface area contributed by atoms with Gasteiger partial charge in [-0.25, -0.2) is 4.39 Å². The first kappa shape index (κ1) is 14.1. The van der Waals surface area contributed by atoms with Gasteiger partial charge in [-0.15, -0.1) is 0 Å². The summed E-state index contributed by atoms with van der Waals surface area (Å²) in [6.07, 6.45) is 0.254. The van der Waals surface area contributed by atoms with Crippen LogP contribution in [0.25, 0.3) is 0 Å². The molecular weight excluding hydrogens is 255 g/mol. The van der Waals surface area contributed by atoms with Crippen molar-refractivity contribution in [3.8, 4) is 0 Å². The molecule has 104 valence electrons. The Balaban J connectivity index is 2.11. The topological polar surface area (TPSA) is 55.1 Å². The molecule has 1 amide bonds. The summed E-state index contributed by atoms with van der Waals surface area (Å²) < 4.78 is 13.2. The molecule has 2 rings (SSSR count). The lowest BCUT2D eigenvalue weighted by Gasteiger charge is -2.09. The number of rotatable bonds is 3. The fraction of sp³-hybridized carbons (Fsp3) is 0.188. The van der Waals surface area contributed by atoms with Crippen LogP contribution in [0.5, 0.6) is 0 Å². The van der Waals surface area contributed by atoms with Crippen LogP contribution < -0.4 is 11.1 Å². The molecule has 0 radical (unpaired) electrons. The van der Waals surface area contributed by atoms with E-state index in [4.69, 9.17) is 5.73 Å². The Kier molecular flexibility index (Phi) is 4.03. The molecule has 0 aliphatic heterocycles.